The minimum absolute atomic E-state index is 0.329. The van der Waals surface area contributed by atoms with Crippen molar-refractivity contribution < 1.29 is 9.53 Å². The Morgan fingerprint density at radius 1 is 1.22 bits per heavy atom. The van der Waals surface area contributed by atoms with Crippen LogP contribution in [-0.2, 0) is 4.74 Å². The van der Waals surface area contributed by atoms with Gasteiger partial charge in [-0.2, -0.15) is 0 Å². The molecule has 0 atom stereocenters. The van der Waals surface area contributed by atoms with Crippen molar-refractivity contribution in [2.75, 3.05) is 19.7 Å². The average molecular weight is 276 g/mol. The highest BCUT2D eigenvalue weighted by Crippen LogP contribution is 2.20. The normalized spacial score (nSPS) is 16.8. The van der Waals surface area contributed by atoms with Crippen molar-refractivity contribution in [2.24, 2.45) is 0 Å². The average Bonchev–Trinajstić information content (AvgIpc) is 2.38. The van der Waals surface area contributed by atoms with Crippen LogP contribution >= 0.6 is 11.6 Å². The second-order valence-electron chi connectivity index (χ2n) is 5.08. The molecule has 3 nitrogen and oxygen atoms in total. The van der Waals surface area contributed by atoms with E-state index in [0.717, 1.165) is 39.0 Å². The summed E-state index contributed by atoms with van der Waals surface area (Å²) < 4.78 is 5.85. The number of halogens is 1. The number of hydrogen-bond donors (Lipinski definition) is 0. The van der Waals surface area contributed by atoms with Crippen LogP contribution < -0.4 is 0 Å². The third-order valence-corrected chi connectivity index (χ3v) is 3.71. The number of nitrogens with zero attached hydrogens (tertiary/aromatic N) is 1. The Morgan fingerprint density at radius 2 is 1.94 bits per heavy atom. The van der Waals surface area contributed by atoms with Gasteiger partial charge in [-0.3, -0.25) is 4.79 Å². The first-order chi connectivity index (χ1) is 8.74. The number of carbonyl (C=O) groups excluding carboxylic acids is 1. The van der Waals surface area contributed by atoms with Crippen molar-refractivity contribution in [3.63, 3.8) is 0 Å². The third-order valence-electron chi connectivity index (χ3n) is 3.47. The maximum Gasteiger partial charge on any atom is 0.316 e. The number of unbranched alkanes of at least 4 members (excludes halogenated alkanes) is 1. The monoisotopic (exact) mass is 275 g/mol. The van der Waals surface area contributed by atoms with Gasteiger partial charge in [-0.15, -0.1) is 0 Å². The Morgan fingerprint density at radius 3 is 2.56 bits per heavy atom. The zero-order valence-electron chi connectivity index (χ0n) is 11.5. The molecule has 0 heterocycles. The van der Waals surface area contributed by atoms with E-state index in [0.29, 0.717) is 6.10 Å². The second kappa shape index (κ2) is 9.62. The Labute approximate surface area is 116 Å². The second-order valence-corrected chi connectivity index (χ2v) is 5.40. The van der Waals surface area contributed by atoms with Crippen LogP contribution in [0.25, 0.3) is 0 Å². The fourth-order valence-corrected chi connectivity index (χ4v) is 2.61. The fraction of sp³-hybridized carbons (Fsp3) is 0.929. The van der Waals surface area contributed by atoms with Crippen LogP contribution in [0.1, 0.15) is 58.3 Å². The van der Waals surface area contributed by atoms with Crippen LogP contribution in [0.5, 0.6) is 0 Å². The molecule has 0 aliphatic heterocycles. The van der Waals surface area contributed by atoms with E-state index >= 15 is 0 Å². The quantitative estimate of drug-likeness (QED) is 0.378. The van der Waals surface area contributed by atoms with Crippen LogP contribution in [0.3, 0.4) is 0 Å². The van der Waals surface area contributed by atoms with Gasteiger partial charge in [0.15, 0.2) is 0 Å². The molecule has 0 saturated heterocycles. The molecule has 0 aromatic carbocycles. The van der Waals surface area contributed by atoms with E-state index in [1.165, 1.54) is 32.1 Å². The molecule has 0 radical (unpaired) electrons. The van der Waals surface area contributed by atoms with Gasteiger partial charge >= 0.3 is 5.37 Å². The molecule has 0 aromatic heterocycles. The number of hydrogen-bond acceptors (Lipinski definition) is 2. The smallest absolute Gasteiger partial charge is 0.316 e. The Balaban J connectivity index is 2.01. The topological polar surface area (TPSA) is 29.5 Å². The van der Waals surface area contributed by atoms with Gasteiger partial charge in [-0.05, 0) is 43.7 Å². The lowest BCUT2D eigenvalue weighted by molar-refractivity contribution is 0.0259. The van der Waals surface area contributed by atoms with Gasteiger partial charge in [0, 0.05) is 19.7 Å². The molecule has 1 aliphatic rings. The van der Waals surface area contributed by atoms with Crippen LogP contribution in [0, 0.1) is 0 Å². The summed E-state index contributed by atoms with van der Waals surface area (Å²) in [5, 5.41) is -0.329. The molecule has 1 amide bonds. The molecule has 1 aliphatic carbocycles. The van der Waals surface area contributed by atoms with Gasteiger partial charge in [0.05, 0.1) is 6.10 Å². The van der Waals surface area contributed by atoms with Gasteiger partial charge in [-0.1, -0.05) is 26.2 Å². The number of rotatable bonds is 8. The molecule has 0 spiro atoms. The lowest BCUT2D eigenvalue weighted by atomic mass is 9.98. The van der Waals surface area contributed by atoms with Crippen LogP contribution in [0.4, 0.5) is 4.79 Å². The largest absolute Gasteiger partial charge is 0.378 e. The molecule has 0 bridgehead atoms. The molecular weight excluding hydrogens is 250 g/mol. The van der Waals surface area contributed by atoms with E-state index in [1.54, 1.807) is 4.90 Å². The highest BCUT2D eigenvalue weighted by Gasteiger charge is 2.13. The highest BCUT2D eigenvalue weighted by atomic mass is 35.5. The van der Waals surface area contributed by atoms with Gasteiger partial charge in [0.25, 0.3) is 0 Å². The maximum atomic E-state index is 11.1. The molecule has 4 heteroatoms. The van der Waals surface area contributed by atoms with E-state index in [-0.39, 0.29) is 5.37 Å². The number of amides is 1. The van der Waals surface area contributed by atoms with Gasteiger partial charge in [0.2, 0.25) is 0 Å². The Hall–Kier alpha value is -0.280. The van der Waals surface area contributed by atoms with E-state index in [9.17, 15) is 4.79 Å². The molecule has 0 aromatic rings. The minimum atomic E-state index is -0.329. The first-order valence-corrected chi connectivity index (χ1v) is 7.68. The van der Waals surface area contributed by atoms with Crippen LogP contribution in [0.15, 0.2) is 0 Å². The predicted molar refractivity (Wildman–Crippen MR) is 75.2 cm³/mol. The third kappa shape index (κ3) is 6.60. The van der Waals surface area contributed by atoms with Crippen LogP contribution in [-0.4, -0.2) is 36.1 Å². The summed E-state index contributed by atoms with van der Waals surface area (Å²) in [7, 11) is 0. The molecule has 1 saturated carbocycles. The molecule has 0 unspecified atom stereocenters. The molecule has 1 rings (SSSR count). The summed E-state index contributed by atoms with van der Waals surface area (Å²) in [4.78, 5) is 12.8. The number of carbonyl (C=O) groups is 1. The summed E-state index contributed by atoms with van der Waals surface area (Å²) in [5.74, 6) is 0. The summed E-state index contributed by atoms with van der Waals surface area (Å²) in [6.45, 7) is 4.39. The first-order valence-electron chi connectivity index (χ1n) is 7.30. The summed E-state index contributed by atoms with van der Waals surface area (Å²) >= 11 is 5.51. The van der Waals surface area contributed by atoms with E-state index in [4.69, 9.17) is 16.3 Å². The minimum Gasteiger partial charge on any atom is -0.378 e. The zero-order chi connectivity index (χ0) is 13.2. The van der Waals surface area contributed by atoms with E-state index < -0.39 is 0 Å². The first kappa shape index (κ1) is 15.8. The van der Waals surface area contributed by atoms with Crippen molar-refractivity contribution in [3.05, 3.63) is 0 Å². The maximum absolute atomic E-state index is 11.1. The van der Waals surface area contributed by atoms with Crippen molar-refractivity contribution in [1.82, 2.24) is 4.90 Å². The molecular formula is C14H26ClNO2. The zero-order valence-corrected chi connectivity index (χ0v) is 12.3. The summed E-state index contributed by atoms with van der Waals surface area (Å²) in [6, 6.07) is 0. The van der Waals surface area contributed by atoms with Gasteiger partial charge < -0.3 is 9.64 Å². The molecule has 106 valence electrons. The van der Waals surface area contributed by atoms with Gasteiger partial charge in [-0.25, -0.2) is 0 Å². The van der Waals surface area contributed by atoms with Crippen LogP contribution in [0.2, 0.25) is 0 Å². The van der Waals surface area contributed by atoms with Crippen molar-refractivity contribution in [1.29, 1.82) is 0 Å². The molecule has 0 N–H and O–H groups in total. The van der Waals surface area contributed by atoms with Crippen molar-refractivity contribution >= 4 is 17.0 Å². The molecule has 18 heavy (non-hydrogen) atoms. The number of ether oxygens (including phenoxy) is 1. The Bertz CT molecular complexity index is 230. The SMILES string of the molecule is CCCN(CCCCOC1CCCCC1)C(=O)Cl. The summed E-state index contributed by atoms with van der Waals surface area (Å²) in [5.41, 5.74) is 0. The predicted octanol–water partition coefficient (Wildman–Crippen LogP) is 4.19. The fourth-order valence-electron chi connectivity index (χ4n) is 2.44. The van der Waals surface area contributed by atoms with Crippen molar-refractivity contribution in [3.8, 4) is 0 Å². The lowest BCUT2D eigenvalue weighted by Crippen LogP contribution is -2.28. The highest BCUT2D eigenvalue weighted by molar-refractivity contribution is 6.62. The van der Waals surface area contributed by atoms with Crippen molar-refractivity contribution in [2.45, 2.75) is 64.4 Å². The Kier molecular flexibility index (Phi) is 8.44. The molecule has 1 fully saturated rings. The summed E-state index contributed by atoms with van der Waals surface area (Å²) in [6.07, 6.45) is 9.88. The van der Waals surface area contributed by atoms with Gasteiger partial charge in [0.1, 0.15) is 0 Å². The van der Waals surface area contributed by atoms with E-state index in [1.807, 2.05) is 0 Å². The standard InChI is InChI=1S/C14H26ClNO2/c1-2-10-16(14(15)17)11-6-7-12-18-13-8-4-3-5-9-13/h13H,2-12H2,1H3. The van der Waals surface area contributed by atoms with E-state index in [2.05, 4.69) is 6.92 Å². The lowest BCUT2D eigenvalue weighted by Gasteiger charge is -2.22.